The minimum atomic E-state index is -0.769. The SMILES string of the molecule is O=C(NCc1ccco1)[C@H](c1cccs1)N(C(=O)Cc1cccs1)c1ccccc1. The van der Waals surface area contributed by atoms with Crippen LogP contribution in [0.25, 0.3) is 0 Å². The minimum Gasteiger partial charge on any atom is -0.467 e. The fourth-order valence-corrected chi connectivity index (χ4v) is 4.69. The normalized spacial score (nSPS) is 11.7. The van der Waals surface area contributed by atoms with Crippen molar-refractivity contribution in [2.45, 2.75) is 19.0 Å². The van der Waals surface area contributed by atoms with Gasteiger partial charge in [-0.25, -0.2) is 0 Å². The molecule has 0 saturated carbocycles. The standard InChI is InChI=1S/C23H20N2O3S2/c26-21(15-19-10-5-13-29-19)25(17-7-2-1-3-8-17)22(20-11-6-14-30-20)23(27)24-16-18-9-4-12-28-18/h1-14,22H,15-16H2,(H,24,27)/t22-/m0/s1. The smallest absolute Gasteiger partial charge is 0.249 e. The zero-order chi connectivity index (χ0) is 20.8. The van der Waals surface area contributed by atoms with Gasteiger partial charge >= 0.3 is 0 Å². The number of hydrogen-bond donors (Lipinski definition) is 1. The van der Waals surface area contributed by atoms with Crippen LogP contribution in [-0.2, 0) is 22.6 Å². The van der Waals surface area contributed by atoms with Crippen molar-refractivity contribution in [3.8, 4) is 0 Å². The number of rotatable bonds is 8. The summed E-state index contributed by atoms with van der Waals surface area (Å²) in [6.45, 7) is 0.259. The molecule has 7 heteroatoms. The summed E-state index contributed by atoms with van der Waals surface area (Å²) in [5.74, 6) is 0.275. The zero-order valence-corrected chi connectivity index (χ0v) is 17.7. The average Bonchev–Trinajstić information content (AvgIpc) is 3.54. The lowest BCUT2D eigenvalue weighted by Gasteiger charge is -2.30. The zero-order valence-electron chi connectivity index (χ0n) is 16.1. The summed E-state index contributed by atoms with van der Waals surface area (Å²) in [5.41, 5.74) is 0.686. The Kier molecular flexibility index (Phi) is 6.41. The number of carbonyl (C=O) groups excluding carboxylic acids is 2. The van der Waals surface area contributed by atoms with Gasteiger partial charge in [-0.2, -0.15) is 0 Å². The predicted molar refractivity (Wildman–Crippen MR) is 120 cm³/mol. The van der Waals surface area contributed by atoms with Gasteiger partial charge in [0, 0.05) is 15.4 Å². The quantitative estimate of drug-likeness (QED) is 0.421. The van der Waals surface area contributed by atoms with Crippen LogP contribution < -0.4 is 10.2 Å². The number of amides is 2. The maximum atomic E-state index is 13.4. The van der Waals surface area contributed by atoms with E-state index in [1.807, 2.05) is 65.4 Å². The maximum Gasteiger partial charge on any atom is 0.249 e. The lowest BCUT2D eigenvalue weighted by atomic mass is 10.1. The van der Waals surface area contributed by atoms with Crippen LogP contribution in [0.3, 0.4) is 0 Å². The summed E-state index contributed by atoms with van der Waals surface area (Å²) in [6.07, 6.45) is 1.80. The molecule has 0 unspecified atom stereocenters. The number of furan rings is 1. The van der Waals surface area contributed by atoms with Gasteiger partial charge in [0.25, 0.3) is 0 Å². The van der Waals surface area contributed by atoms with Crippen molar-refractivity contribution in [3.05, 3.63) is 99.3 Å². The molecule has 0 fully saturated rings. The van der Waals surface area contributed by atoms with Gasteiger partial charge in [-0.1, -0.05) is 30.3 Å². The molecule has 3 aromatic heterocycles. The second-order valence-corrected chi connectivity index (χ2v) is 8.58. The van der Waals surface area contributed by atoms with Gasteiger partial charge in [-0.05, 0) is 47.2 Å². The van der Waals surface area contributed by atoms with Crippen LogP contribution in [0.4, 0.5) is 5.69 Å². The fourth-order valence-electron chi connectivity index (χ4n) is 3.18. The Morgan fingerprint density at radius 2 is 1.73 bits per heavy atom. The Labute approximate surface area is 182 Å². The highest BCUT2D eigenvalue weighted by atomic mass is 32.1. The molecule has 4 rings (SSSR count). The number of nitrogens with zero attached hydrogens (tertiary/aromatic N) is 1. The van der Waals surface area contributed by atoms with E-state index in [-0.39, 0.29) is 24.8 Å². The Hall–Kier alpha value is -3.16. The van der Waals surface area contributed by atoms with Crippen molar-refractivity contribution in [2.24, 2.45) is 0 Å². The third-order valence-electron chi connectivity index (χ3n) is 4.54. The summed E-state index contributed by atoms with van der Waals surface area (Å²) in [4.78, 5) is 30.1. The number of benzene rings is 1. The topological polar surface area (TPSA) is 62.6 Å². The molecule has 30 heavy (non-hydrogen) atoms. The van der Waals surface area contributed by atoms with Crippen LogP contribution in [0.1, 0.15) is 21.6 Å². The van der Waals surface area contributed by atoms with Gasteiger partial charge in [0.05, 0.1) is 19.2 Å². The second kappa shape index (κ2) is 9.56. The molecule has 2 amide bonds. The highest BCUT2D eigenvalue weighted by molar-refractivity contribution is 7.10. The lowest BCUT2D eigenvalue weighted by molar-refractivity contribution is -0.126. The summed E-state index contributed by atoms with van der Waals surface area (Å²) in [7, 11) is 0. The van der Waals surface area contributed by atoms with E-state index in [9.17, 15) is 9.59 Å². The summed E-state index contributed by atoms with van der Waals surface area (Å²) in [5, 5.41) is 6.78. The number of para-hydroxylation sites is 1. The number of carbonyl (C=O) groups is 2. The Morgan fingerprint density at radius 3 is 2.40 bits per heavy atom. The molecule has 1 aromatic carbocycles. The van der Waals surface area contributed by atoms with Crippen molar-refractivity contribution in [1.29, 1.82) is 0 Å². The summed E-state index contributed by atoms with van der Waals surface area (Å²) >= 11 is 2.99. The van der Waals surface area contributed by atoms with Crippen molar-refractivity contribution < 1.29 is 14.0 Å². The molecule has 1 atom stereocenters. The molecule has 0 saturated heterocycles. The van der Waals surface area contributed by atoms with E-state index in [1.54, 1.807) is 23.3 Å². The maximum absolute atomic E-state index is 13.4. The van der Waals surface area contributed by atoms with Gasteiger partial charge in [-0.15, -0.1) is 22.7 Å². The molecule has 3 heterocycles. The molecule has 0 bridgehead atoms. The van der Waals surface area contributed by atoms with Gasteiger partial charge < -0.3 is 9.73 Å². The monoisotopic (exact) mass is 436 g/mol. The van der Waals surface area contributed by atoms with Crippen molar-refractivity contribution in [3.63, 3.8) is 0 Å². The summed E-state index contributed by atoms with van der Waals surface area (Å²) < 4.78 is 5.33. The number of thiophene rings is 2. The Morgan fingerprint density at radius 1 is 0.933 bits per heavy atom. The van der Waals surface area contributed by atoms with E-state index in [1.165, 1.54) is 22.7 Å². The number of nitrogens with one attached hydrogen (secondary N) is 1. The van der Waals surface area contributed by atoms with Crippen LogP contribution in [0.2, 0.25) is 0 Å². The molecular weight excluding hydrogens is 416 g/mol. The Balaban J connectivity index is 1.67. The van der Waals surface area contributed by atoms with E-state index < -0.39 is 6.04 Å². The first kappa shape index (κ1) is 20.1. The first-order valence-corrected chi connectivity index (χ1v) is 11.2. The molecule has 5 nitrogen and oxygen atoms in total. The third kappa shape index (κ3) is 4.69. The van der Waals surface area contributed by atoms with Gasteiger partial charge in [0.1, 0.15) is 11.8 Å². The largest absolute Gasteiger partial charge is 0.467 e. The van der Waals surface area contributed by atoms with E-state index in [2.05, 4.69) is 5.32 Å². The summed E-state index contributed by atoms with van der Waals surface area (Å²) in [6, 6.07) is 19.8. The molecular formula is C23H20N2O3S2. The van der Waals surface area contributed by atoms with Crippen LogP contribution in [0.15, 0.2) is 88.2 Å². The fraction of sp³-hybridized carbons (Fsp3) is 0.130. The third-order valence-corrected chi connectivity index (χ3v) is 6.35. The first-order chi connectivity index (χ1) is 14.7. The Bertz CT molecular complexity index is 1060. The first-order valence-electron chi connectivity index (χ1n) is 9.45. The van der Waals surface area contributed by atoms with Crippen molar-refractivity contribution >= 4 is 40.2 Å². The molecule has 152 valence electrons. The van der Waals surface area contributed by atoms with Crippen LogP contribution in [0.5, 0.6) is 0 Å². The number of anilines is 1. The minimum absolute atomic E-state index is 0.129. The van der Waals surface area contributed by atoms with E-state index >= 15 is 0 Å². The van der Waals surface area contributed by atoms with Crippen LogP contribution in [0, 0.1) is 0 Å². The molecule has 0 aliphatic rings. The highest BCUT2D eigenvalue weighted by Crippen LogP contribution is 2.31. The second-order valence-electron chi connectivity index (χ2n) is 6.57. The molecule has 1 N–H and O–H groups in total. The highest BCUT2D eigenvalue weighted by Gasteiger charge is 2.33. The molecule has 0 aliphatic carbocycles. The molecule has 0 spiro atoms. The predicted octanol–water partition coefficient (Wildman–Crippen LogP) is 5.04. The van der Waals surface area contributed by atoms with Crippen LogP contribution in [-0.4, -0.2) is 11.8 Å². The van der Waals surface area contributed by atoms with E-state index in [0.717, 1.165) is 9.75 Å². The average molecular weight is 437 g/mol. The molecule has 0 radical (unpaired) electrons. The van der Waals surface area contributed by atoms with E-state index in [4.69, 9.17) is 4.42 Å². The molecule has 0 aliphatic heterocycles. The van der Waals surface area contributed by atoms with Gasteiger partial charge in [-0.3, -0.25) is 14.5 Å². The van der Waals surface area contributed by atoms with E-state index in [0.29, 0.717) is 11.4 Å². The van der Waals surface area contributed by atoms with Gasteiger partial charge in [0.2, 0.25) is 11.8 Å². The lowest BCUT2D eigenvalue weighted by Crippen LogP contribution is -2.44. The van der Waals surface area contributed by atoms with Crippen molar-refractivity contribution in [1.82, 2.24) is 5.32 Å². The van der Waals surface area contributed by atoms with Crippen LogP contribution >= 0.6 is 22.7 Å². The van der Waals surface area contributed by atoms with Crippen molar-refractivity contribution in [2.75, 3.05) is 4.90 Å². The molecule has 4 aromatic rings. The van der Waals surface area contributed by atoms with Gasteiger partial charge in [0.15, 0.2) is 0 Å². The number of hydrogen-bond acceptors (Lipinski definition) is 5.